The van der Waals surface area contributed by atoms with Crippen LogP contribution in [0.4, 0.5) is 0 Å². The van der Waals surface area contributed by atoms with Crippen LogP contribution in [0, 0.1) is 0 Å². The summed E-state index contributed by atoms with van der Waals surface area (Å²) in [5.74, 6) is -0.00312. The highest BCUT2D eigenvalue weighted by atomic mass is 35.5. The van der Waals surface area contributed by atoms with E-state index in [0.717, 1.165) is 44.7 Å². The lowest BCUT2D eigenvalue weighted by molar-refractivity contribution is -0.122. The first kappa shape index (κ1) is 17.7. The molecule has 5 nitrogen and oxygen atoms in total. The summed E-state index contributed by atoms with van der Waals surface area (Å²) >= 11 is 5.86. The van der Waals surface area contributed by atoms with Gasteiger partial charge in [-0.2, -0.15) is 0 Å². The molecule has 0 spiro atoms. The van der Waals surface area contributed by atoms with Crippen LogP contribution in [-0.4, -0.2) is 60.4 Å². The standard InChI is InChI=1S/C18H25ClN2O3/c19-14-4-1-13(2-5-14)3-8-17(22)20-15-6-7-16(18(15)23)21-9-11-24-12-10-21/h1-2,4-5,15-16,18,23H,3,6-12H2,(H,20,22)/t15-,16-,18-/m1/s1. The van der Waals surface area contributed by atoms with Gasteiger partial charge in [0, 0.05) is 30.6 Å². The molecule has 3 atom stereocenters. The number of amides is 1. The molecule has 1 aromatic rings. The number of benzene rings is 1. The zero-order valence-corrected chi connectivity index (χ0v) is 14.5. The molecule has 1 amide bonds. The van der Waals surface area contributed by atoms with Crippen LogP contribution < -0.4 is 5.32 Å². The van der Waals surface area contributed by atoms with E-state index < -0.39 is 6.10 Å². The predicted octanol–water partition coefficient (Wildman–Crippen LogP) is 1.61. The minimum absolute atomic E-state index is 0.00312. The molecule has 24 heavy (non-hydrogen) atoms. The number of aryl methyl sites for hydroxylation is 1. The first-order valence-electron chi connectivity index (χ1n) is 8.67. The van der Waals surface area contributed by atoms with Gasteiger partial charge in [0.05, 0.1) is 25.4 Å². The molecule has 0 aromatic heterocycles. The number of rotatable bonds is 5. The minimum atomic E-state index is -0.498. The number of nitrogens with one attached hydrogen (secondary N) is 1. The lowest BCUT2D eigenvalue weighted by Gasteiger charge is -2.34. The van der Waals surface area contributed by atoms with Crippen LogP contribution in [0.1, 0.15) is 24.8 Å². The average molecular weight is 353 g/mol. The second kappa shape index (κ2) is 8.30. The van der Waals surface area contributed by atoms with Crippen LogP contribution >= 0.6 is 11.6 Å². The van der Waals surface area contributed by atoms with E-state index in [2.05, 4.69) is 10.2 Å². The summed E-state index contributed by atoms with van der Waals surface area (Å²) in [4.78, 5) is 14.5. The van der Waals surface area contributed by atoms with Crippen molar-refractivity contribution in [1.82, 2.24) is 10.2 Å². The number of hydrogen-bond acceptors (Lipinski definition) is 4. The van der Waals surface area contributed by atoms with Crippen LogP contribution in [-0.2, 0) is 16.0 Å². The molecule has 2 N–H and O–H groups in total. The summed E-state index contributed by atoms with van der Waals surface area (Å²) < 4.78 is 5.37. The van der Waals surface area contributed by atoms with Crippen molar-refractivity contribution in [2.75, 3.05) is 26.3 Å². The number of aliphatic hydroxyl groups is 1. The third-order valence-corrected chi connectivity index (χ3v) is 5.25. The minimum Gasteiger partial charge on any atom is -0.389 e. The maximum Gasteiger partial charge on any atom is 0.220 e. The summed E-state index contributed by atoms with van der Waals surface area (Å²) in [6, 6.07) is 7.54. The molecule has 1 aromatic carbocycles. The Morgan fingerprint density at radius 3 is 2.67 bits per heavy atom. The van der Waals surface area contributed by atoms with Gasteiger partial charge in [0.2, 0.25) is 5.91 Å². The van der Waals surface area contributed by atoms with Crippen molar-refractivity contribution in [3.8, 4) is 0 Å². The van der Waals surface area contributed by atoms with Crippen LogP contribution in [0.25, 0.3) is 0 Å². The van der Waals surface area contributed by atoms with Gasteiger partial charge in [-0.05, 0) is 37.0 Å². The number of ether oxygens (including phenoxy) is 1. The molecule has 2 fully saturated rings. The van der Waals surface area contributed by atoms with Gasteiger partial charge in [-0.25, -0.2) is 0 Å². The smallest absolute Gasteiger partial charge is 0.220 e. The average Bonchev–Trinajstić information content (AvgIpc) is 2.96. The normalized spacial score (nSPS) is 28.0. The van der Waals surface area contributed by atoms with Crippen molar-refractivity contribution in [2.45, 2.75) is 43.9 Å². The molecule has 0 bridgehead atoms. The summed E-state index contributed by atoms with van der Waals surface area (Å²) in [7, 11) is 0. The fourth-order valence-corrected chi connectivity index (χ4v) is 3.74. The number of carbonyl (C=O) groups excluding carboxylic acids is 1. The molecule has 1 saturated heterocycles. The first-order chi connectivity index (χ1) is 11.6. The van der Waals surface area contributed by atoms with E-state index in [4.69, 9.17) is 16.3 Å². The molecule has 6 heteroatoms. The Hall–Kier alpha value is -1.14. The molecule has 1 aliphatic carbocycles. The van der Waals surface area contributed by atoms with Gasteiger partial charge < -0.3 is 15.2 Å². The Kier molecular flexibility index (Phi) is 6.11. The Labute approximate surface area is 147 Å². The lowest BCUT2D eigenvalue weighted by atomic mass is 10.1. The largest absolute Gasteiger partial charge is 0.389 e. The van der Waals surface area contributed by atoms with Crippen LogP contribution in [0.3, 0.4) is 0 Å². The summed E-state index contributed by atoms with van der Waals surface area (Å²) in [6.45, 7) is 3.17. The number of morpholine rings is 1. The quantitative estimate of drug-likeness (QED) is 0.845. The fraction of sp³-hybridized carbons (Fsp3) is 0.611. The lowest BCUT2D eigenvalue weighted by Crippen LogP contribution is -2.51. The Morgan fingerprint density at radius 1 is 1.25 bits per heavy atom. The summed E-state index contributed by atoms with van der Waals surface area (Å²) in [5, 5.41) is 14.3. The Balaban J connectivity index is 1.45. The zero-order valence-electron chi connectivity index (χ0n) is 13.8. The molecular formula is C18H25ClN2O3. The van der Waals surface area contributed by atoms with Crippen molar-refractivity contribution in [3.63, 3.8) is 0 Å². The first-order valence-corrected chi connectivity index (χ1v) is 9.05. The van der Waals surface area contributed by atoms with Gasteiger partial charge in [0.15, 0.2) is 0 Å². The molecule has 1 saturated carbocycles. The van der Waals surface area contributed by atoms with E-state index in [-0.39, 0.29) is 18.0 Å². The van der Waals surface area contributed by atoms with Crippen LogP contribution in [0.2, 0.25) is 5.02 Å². The van der Waals surface area contributed by atoms with Crippen LogP contribution in [0.5, 0.6) is 0 Å². The number of halogens is 1. The maximum atomic E-state index is 12.2. The van der Waals surface area contributed by atoms with E-state index in [9.17, 15) is 9.90 Å². The van der Waals surface area contributed by atoms with E-state index in [1.54, 1.807) is 0 Å². The topological polar surface area (TPSA) is 61.8 Å². The van der Waals surface area contributed by atoms with E-state index >= 15 is 0 Å². The molecule has 1 heterocycles. The van der Waals surface area contributed by atoms with E-state index in [1.807, 2.05) is 24.3 Å². The van der Waals surface area contributed by atoms with Crippen molar-refractivity contribution < 1.29 is 14.6 Å². The second-order valence-electron chi connectivity index (χ2n) is 6.58. The van der Waals surface area contributed by atoms with Crippen LogP contribution in [0.15, 0.2) is 24.3 Å². The number of carbonyl (C=O) groups is 1. The molecule has 3 rings (SSSR count). The van der Waals surface area contributed by atoms with E-state index in [0.29, 0.717) is 17.9 Å². The molecule has 132 valence electrons. The van der Waals surface area contributed by atoms with Gasteiger partial charge in [-0.15, -0.1) is 0 Å². The molecule has 1 aliphatic heterocycles. The SMILES string of the molecule is O=C(CCc1ccc(Cl)cc1)N[C@@H]1CC[C@@H](N2CCOCC2)[C@@H]1O. The molecule has 0 unspecified atom stereocenters. The van der Waals surface area contributed by atoms with Crippen molar-refractivity contribution in [3.05, 3.63) is 34.9 Å². The van der Waals surface area contributed by atoms with Crippen molar-refractivity contribution >= 4 is 17.5 Å². The van der Waals surface area contributed by atoms with Gasteiger partial charge in [-0.1, -0.05) is 23.7 Å². The highest BCUT2D eigenvalue weighted by molar-refractivity contribution is 6.30. The van der Waals surface area contributed by atoms with Gasteiger partial charge >= 0.3 is 0 Å². The predicted molar refractivity (Wildman–Crippen MR) is 93.1 cm³/mol. The summed E-state index contributed by atoms with van der Waals surface area (Å²) in [5.41, 5.74) is 1.09. The van der Waals surface area contributed by atoms with Crippen molar-refractivity contribution in [1.29, 1.82) is 0 Å². The van der Waals surface area contributed by atoms with Gasteiger partial charge in [0.25, 0.3) is 0 Å². The number of aliphatic hydroxyl groups excluding tert-OH is 1. The summed E-state index contributed by atoms with van der Waals surface area (Å²) in [6.07, 6.45) is 2.35. The number of nitrogens with zero attached hydrogens (tertiary/aromatic N) is 1. The fourth-order valence-electron chi connectivity index (χ4n) is 3.61. The van der Waals surface area contributed by atoms with Gasteiger partial charge in [-0.3, -0.25) is 9.69 Å². The van der Waals surface area contributed by atoms with Crippen molar-refractivity contribution in [2.24, 2.45) is 0 Å². The molecule has 2 aliphatic rings. The highest BCUT2D eigenvalue weighted by Gasteiger charge is 2.39. The monoisotopic (exact) mass is 352 g/mol. The molecule has 0 radical (unpaired) electrons. The number of hydrogen-bond donors (Lipinski definition) is 2. The Morgan fingerprint density at radius 2 is 1.96 bits per heavy atom. The van der Waals surface area contributed by atoms with E-state index in [1.165, 1.54) is 0 Å². The second-order valence-corrected chi connectivity index (χ2v) is 7.02. The maximum absolute atomic E-state index is 12.2. The van der Waals surface area contributed by atoms with Gasteiger partial charge in [0.1, 0.15) is 0 Å². The zero-order chi connectivity index (χ0) is 16.9. The highest BCUT2D eigenvalue weighted by Crippen LogP contribution is 2.25. The third kappa shape index (κ3) is 4.48. The molecular weight excluding hydrogens is 328 g/mol. The Bertz CT molecular complexity index is 546. The third-order valence-electron chi connectivity index (χ3n) is 4.99.